The van der Waals surface area contributed by atoms with Gasteiger partial charge in [0.15, 0.2) is 11.5 Å². The third-order valence-electron chi connectivity index (χ3n) is 4.52. The molecule has 4 rings (SSSR count). The molecule has 7 nitrogen and oxygen atoms in total. The van der Waals surface area contributed by atoms with E-state index >= 15 is 0 Å². The van der Waals surface area contributed by atoms with Gasteiger partial charge in [0, 0.05) is 23.4 Å². The van der Waals surface area contributed by atoms with Crippen LogP contribution in [0.5, 0.6) is 11.5 Å². The Bertz CT molecular complexity index is 1060. The van der Waals surface area contributed by atoms with Gasteiger partial charge in [0.05, 0.1) is 5.69 Å². The molecule has 2 aromatic carbocycles. The third kappa shape index (κ3) is 3.46. The SMILES string of the molecule is CC[C@@H](C(=O)Nc1ccc2c(c1)OCO2)n1nc(-c2ccccc2)ccc1=O. The molecule has 142 valence electrons. The molecular formula is C21H19N3O4. The first kappa shape index (κ1) is 17.8. The lowest BCUT2D eigenvalue weighted by molar-refractivity contribution is -0.119. The normalized spacial score (nSPS) is 13.2. The Balaban J connectivity index is 1.61. The van der Waals surface area contributed by atoms with Gasteiger partial charge in [-0.2, -0.15) is 5.10 Å². The number of amides is 1. The van der Waals surface area contributed by atoms with Crippen LogP contribution in [0.1, 0.15) is 19.4 Å². The van der Waals surface area contributed by atoms with Crippen molar-refractivity contribution in [1.82, 2.24) is 9.78 Å². The van der Waals surface area contributed by atoms with Crippen LogP contribution < -0.4 is 20.3 Å². The van der Waals surface area contributed by atoms with Gasteiger partial charge < -0.3 is 14.8 Å². The molecule has 0 fully saturated rings. The lowest BCUT2D eigenvalue weighted by Gasteiger charge is -2.17. The number of carbonyl (C=O) groups is 1. The molecule has 1 aliphatic heterocycles. The summed E-state index contributed by atoms with van der Waals surface area (Å²) in [6.07, 6.45) is 0.418. The lowest BCUT2D eigenvalue weighted by atomic mass is 10.1. The van der Waals surface area contributed by atoms with Gasteiger partial charge in [0.1, 0.15) is 6.04 Å². The molecular weight excluding hydrogens is 358 g/mol. The lowest BCUT2D eigenvalue weighted by Crippen LogP contribution is -2.34. The molecule has 0 unspecified atom stereocenters. The number of hydrogen-bond donors (Lipinski definition) is 1. The Morgan fingerprint density at radius 1 is 1.11 bits per heavy atom. The summed E-state index contributed by atoms with van der Waals surface area (Å²) in [4.78, 5) is 25.3. The molecule has 1 aliphatic rings. The fraction of sp³-hybridized carbons (Fsp3) is 0.190. The first-order valence-corrected chi connectivity index (χ1v) is 9.01. The van der Waals surface area contributed by atoms with Crippen molar-refractivity contribution in [3.8, 4) is 22.8 Å². The highest BCUT2D eigenvalue weighted by Gasteiger charge is 2.22. The van der Waals surface area contributed by atoms with Crippen molar-refractivity contribution >= 4 is 11.6 Å². The maximum Gasteiger partial charge on any atom is 0.267 e. The minimum Gasteiger partial charge on any atom is -0.454 e. The summed E-state index contributed by atoms with van der Waals surface area (Å²) in [5.74, 6) is 0.895. The number of hydrogen-bond acceptors (Lipinski definition) is 5. The van der Waals surface area contributed by atoms with Crippen molar-refractivity contribution in [3.05, 3.63) is 71.0 Å². The van der Waals surface area contributed by atoms with E-state index in [4.69, 9.17) is 9.47 Å². The molecule has 0 spiro atoms. The largest absolute Gasteiger partial charge is 0.454 e. The highest BCUT2D eigenvalue weighted by Crippen LogP contribution is 2.34. The molecule has 0 radical (unpaired) electrons. The molecule has 1 atom stereocenters. The molecule has 0 saturated carbocycles. The smallest absolute Gasteiger partial charge is 0.267 e. The number of nitrogens with one attached hydrogen (secondary N) is 1. The quantitative estimate of drug-likeness (QED) is 0.738. The van der Waals surface area contributed by atoms with E-state index < -0.39 is 6.04 Å². The van der Waals surface area contributed by atoms with Crippen LogP contribution in [0, 0.1) is 0 Å². The standard InChI is InChI=1S/C21H19N3O4/c1-2-17(21(26)22-15-8-10-18-19(12-15)28-13-27-18)24-20(25)11-9-16(23-24)14-6-4-3-5-7-14/h3-12,17H,2,13H2,1H3,(H,22,26)/t17-/m0/s1. The highest BCUT2D eigenvalue weighted by molar-refractivity contribution is 5.94. The Hall–Kier alpha value is -3.61. The number of fused-ring (bicyclic) bond motifs is 1. The summed E-state index contributed by atoms with van der Waals surface area (Å²) in [5, 5.41) is 7.27. The molecule has 1 amide bonds. The van der Waals surface area contributed by atoms with Crippen LogP contribution in [0.2, 0.25) is 0 Å². The van der Waals surface area contributed by atoms with E-state index in [0.29, 0.717) is 29.3 Å². The zero-order valence-corrected chi connectivity index (χ0v) is 15.3. The second kappa shape index (κ2) is 7.56. The molecule has 1 aromatic heterocycles. The summed E-state index contributed by atoms with van der Waals surface area (Å²) >= 11 is 0. The van der Waals surface area contributed by atoms with E-state index in [1.165, 1.54) is 10.7 Å². The predicted octanol–water partition coefficient (Wildman–Crippen LogP) is 3.23. The summed E-state index contributed by atoms with van der Waals surface area (Å²) in [7, 11) is 0. The molecule has 7 heteroatoms. The zero-order valence-electron chi connectivity index (χ0n) is 15.3. The molecule has 0 aliphatic carbocycles. The zero-order chi connectivity index (χ0) is 19.5. The van der Waals surface area contributed by atoms with Gasteiger partial charge in [-0.1, -0.05) is 37.3 Å². The Kier molecular flexibility index (Phi) is 4.80. The van der Waals surface area contributed by atoms with E-state index in [2.05, 4.69) is 10.4 Å². The first-order chi connectivity index (χ1) is 13.7. The van der Waals surface area contributed by atoms with E-state index in [1.54, 1.807) is 24.3 Å². The van der Waals surface area contributed by atoms with Gasteiger partial charge in [0.25, 0.3) is 5.56 Å². The second-order valence-corrected chi connectivity index (χ2v) is 6.35. The van der Waals surface area contributed by atoms with Crippen molar-refractivity contribution in [1.29, 1.82) is 0 Å². The average Bonchev–Trinajstić information content (AvgIpc) is 3.18. The van der Waals surface area contributed by atoms with Crippen LogP contribution in [-0.4, -0.2) is 22.5 Å². The van der Waals surface area contributed by atoms with Crippen LogP contribution in [0.3, 0.4) is 0 Å². The predicted molar refractivity (Wildman–Crippen MR) is 104 cm³/mol. The summed E-state index contributed by atoms with van der Waals surface area (Å²) in [6.45, 7) is 2.00. The minimum absolute atomic E-state index is 0.163. The van der Waals surface area contributed by atoms with E-state index in [0.717, 1.165) is 5.56 Å². The minimum atomic E-state index is -0.735. The van der Waals surface area contributed by atoms with Crippen LogP contribution in [0.4, 0.5) is 5.69 Å². The van der Waals surface area contributed by atoms with Gasteiger partial charge in [-0.3, -0.25) is 9.59 Å². The van der Waals surface area contributed by atoms with Crippen LogP contribution in [0.15, 0.2) is 65.5 Å². The monoisotopic (exact) mass is 377 g/mol. The fourth-order valence-electron chi connectivity index (χ4n) is 3.08. The molecule has 28 heavy (non-hydrogen) atoms. The Labute approximate surface area is 161 Å². The fourth-order valence-corrected chi connectivity index (χ4v) is 3.08. The molecule has 2 heterocycles. The van der Waals surface area contributed by atoms with Crippen molar-refractivity contribution < 1.29 is 14.3 Å². The number of rotatable bonds is 5. The number of ether oxygens (including phenoxy) is 2. The topological polar surface area (TPSA) is 82.4 Å². The summed E-state index contributed by atoms with van der Waals surface area (Å²) in [5.41, 5.74) is 1.75. The molecule has 0 saturated heterocycles. The Morgan fingerprint density at radius 2 is 1.89 bits per heavy atom. The molecule has 3 aromatic rings. The first-order valence-electron chi connectivity index (χ1n) is 9.01. The number of benzene rings is 2. The van der Waals surface area contributed by atoms with Gasteiger partial charge in [-0.05, 0) is 24.6 Å². The maximum absolute atomic E-state index is 12.9. The van der Waals surface area contributed by atoms with E-state index in [-0.39, 0.29) is 18.3 Å². The number of aromatic nitrogens is 2. The maximum atomic E-state index is 12.9. The number of anilines is 1. The molecule has 0 bridgehead atoms. The average molecular weight is 377 g/mol. The second-order valence-electron chi connectivity index (χ2n) is 6.35. The number of nitrogens with zero attached hydrogens (tertiary/aromatic N) is 2. The van der Waals surface area contributed by atoms with Gasteiger partial charge in [-0.25, -0.2) is 4.68 Å². The summed E-state index contributed by atoms with van der Waals surface area (Å²) in [6, 6.07) is 17.1. The van der Waals surface area contributed by atoms with Crippen molar-refractivity contribution in [2.45, 2.75) is 19.4 Å². The van der Waals surface area contributed by atoms with Gasteiger partial charge in [0.2, 0.25) is 12.7 Å². The van der Waals surface area contributed by atoms with Crippen LogP contribution in [-0.2, 0) is 4.79 Å². The van der Waals surface area contributed by atoms with Crippen molar-refractivity contribution in [2.75, 3.05) is 12.1 Å². The Morgan fingerprint density at radius 3 is 2.68 bits per heavy atom. The third-order valence-corrected chi connectivity index (χ3v) is 4.52. The summed E-state index contributed by atoms with van der Waals surface area (Å²) < 4.78 is 11.9. The molecule has 1 N–H and O–H groups in total. The highest BCUT2D eigenvalue weighted by atomic mass is 16.7. The number of carbonyl (C=O) groups excluding carboxylic acids is 1. The van der Waals surface area contributed by atoms with E-state index in [1.807, 2.05) is 37.3 Å². The van der Waals surface area contributed by atoms with Gasteiger partial charge >= 0.3 is 0 Å². The van der Waals surface area contributed by atoms with Crippen molar-refractivity contribution in [2.24, 2.45) is 0 Å². The van der Waals surface area contributed by atoms with E-state index in [9.17, 15) is 9.59 Å². The van der Waals surface area contributed by atoms with Crippen LogP contribution in [0.25, 0.3) is 11.3 Å². The van der Waals surface area contributed by atoms with Crippen LogP contribution >= 0.6 is 0 Å². The van der Waals surface area contributed by atoms with Crippen molar-refractivity contribution in [3.63, 3.8) is 0 Å². The van der Waals surface area contributed by atoms with Gasteiger partial charge in [-0.15, -0.1) is 0 Å².